The number of carbonyl (C=O) groups excluding carboxylic acids is 1. The van der Waals surface area contributed by atoms with Crippen molar-refractivity contribution in [2.24, 2.45) is 0 Å². The van der Waals surface area contributed by atoms with Gasteiger partial charge in [-0.3, -0.25) is 4.79 Å². The predicted octanol–water partition coefficient (Wildman–Crippen LogP) is 4.70. The van der Waals surface area contributed by atoms with Gasteiger partial charge in [0.1, 0.15) is 11.5 Å². The highest BCUT2D eigenvalue weighted by molar-refractivity contribution is 9.09. The molecule has 1 aromatic rings. The third kappa shape index (κ3) is 6.60. The normalized spacial score (nSPS) is 12.3. The van der Waals surface area contributed by atoms with Gasteiger partial charge >= 0.3 is 11.9 Å². The lowest BCUT2D eigenvalue weighted by molar-refractivity contribution is -0.275. The maximum absolute atomic E-state index is 12.5. The second-order valence-electron chi connectivity index (χ2n) is 3.69. The van der Waals surface area contributed by atoms with Crippen LogP contribution in [0.4, 0.5) is 26.3 Å². The summed E-state index contributed by atoms with van der Waals surface area (Å²) >= 11 is 2.09. The molecule has 0 saturated carbocycles. The van der Waals surface area contributed by atoms with Crippen molar-refractivity contribution in [3.05, 3.63) is 23.8 Å². The van der Waals surface area contributed by atoms with E-state index in [1.165, 1.54) is 0 Å². The second kappa shape index (κ2) is 6.91. The molecule has 0 aliphatic carbocycles. The Kier molecular flexibility index (Phi) is 5.97. The Labute approximate surface area is 128 Å². The Morgan fingerprint density at radius 1 is 1.19 bits per heavy atom. The molecule has 0 aliphatic heterocycles. The average molecular weight is 397 g/mol. The van der Waals surface area contributed by atoms with E-state index in [0.29, 0.717) is 0 Å². The fourth-order valence-electron chi connectivity index (χ4n) is 1.40. The molecule has 1 aromatic carbocycles. The summed E-state index contributed by atoms with van der Waals surface area (Å²) in [5.74, 6) is -1.45. The number of halogens is 7. The maximum atomic E-state index is 12.5. The van der Waals surface area contributed by atoms with Gasteiger partial charge < -0.3 is 4.74 Å². The largest absolute Gasteiger partial charge is 0.573 e. The van der Waals surface area contributed by atoms with Crippen LogP contribution in [-0.4, -0.2) is 23.0 Å². The first kappa shape index (κ1) is 18.1. The van der Waals surface area contributed by atoms with Gasteiger partial charge in [-0.2, -0.15) is 13.2 Å². The van der Waals surface area contributed by atoms with Gasteiger partial charge in [-0.1, -0.05) is 28.1 Å². The van der Waals surface area contributed by atoms with Crippen molar-refractivity contribution in [3.63, 3.8) is 0 Å². The molecule has 0 aromatic heterocycles. The minimum absolute atomic E-state index is 0.118. The molecule has 1 rings (SSSR count). The summed E-state index contributed by atoms with van der Waals surface area (Å²) in [5.41, 5.74) is -4.99. The van der Waals surface area contributed by atoms with E-state index >= 15 is 0 Å². The lowest BCUT2D eigenvalue weighted by Gasteiger charge is -2.17. The van der Waals surface area contributed by atoms with Gasteiger partial charge in [0.15, 0.2) is 0 Å². The van der Waals surface area contributed by atoms with E-state index in [0.717, 1.165) is 18.2 Å². The van der Waals surface area contributed by atoms with E-state index in [9.17, 15) is 31.1 Å². The van der Waals surface area contributed by atoms with Gasteiger partial charge in [-0.25, -0.2) is 0 Å². The van der Waals surface area contributed by atoms with Crippen LogP contribution >= 0.6 is 27.7 Å². The number of ketones is 1. The molecule has 0 saturated heterocycles. The summed E-state index contributed by atoms with van der Waals surface area (Å²) in [6, 6.07) is 3.01. The van der Waals surface area contributed by atoms with Crippen molar-refractivity contribution in [2.45, 2.75) is 23.2 Å². The first-order chi connectivity index (χ1) is 9.52. The van der Waals surface area contributed by atoms with E-state index in [-0.39, 0.29) is 10.9 Å². The van der Waals surface area contributed by atoms with Gasteiger partial charge in [-0.15, -0.1) is 13.2 Å². The Balaban J connectivity index is 3.23. The standard InChI is InChI=1S/C11H7BrF6O2S/c12-5-7(19)4-6-2-1-3-8(20-10(13,14)15)9(6)21-11(16,17)18/h1-3H,4-5H2. The van der Waals surface area contributed by atoms with Crippen molar-refractivity contribution in [1.29, 1.82) is 0 Å². The highest BCUT2D eigenvalue weighted by atomic mass is 79.9. The van der Waals surface area contributed by atoms with Gasteiger partial charge in [-0.05, 0) is 23.4 Å². The molecule has 0 amide bonds. The zero-order valence-corrected chi connectivity index (χ0v) is 12.4. The molecule has 0 radical (unpaired) electrons. The zero-order valence-electron chi connectivity index (χ0n) is 10.0. The lowest BCUT2D eigenvalue weighted by Crippen LogP contribution is -2.18. The number of alkyl halides is 7. The Morgan fingerprint density at radius 3 is 2.29 bits per heavy atom. The zero-order chi connectivity index (χ0) is 16.3. The Bertz CT molecular complexity index is 514. The summed E-state index contributed by atoms with van der Waals surface area (Å²) in [7, 11) is 0. The predicted molar refractivity (Wildman–Crippen MR) is 67.5 cm³/mol. The number of carbonyl (C=O) groups is 1. The van der Waals surface area contributed by atoms with Crippen LogP contribution in [0.3, 0.4) is 0 Å². The smallest absolute Gasteiger partial charge is 0.405 e. The van der Waals surface area contributed by atoms with Crippen molar-refractivity contribution in [1.82, 2.24) is 0 Å². The second-order valence-corrected chi connectivity index (χ2v) is 5.33. The topological polar surface area (TPSA) is 26.3 Å². The Hall–Kier alpha value is -0.900. The van der Waals surface area contributed by atoms with Crippen LogP contribution in [0.1, 0.15) is 5.56 Å². The van der Waals surface area contributed by atoms with E-state index in [1.807, 2.05) is 0 Å². The summed E-state index contributed by atoms with van der Waals surface area (Å²) in [6.45, 7) is 0. The summed E-state index contributed by atoms with van der Waals surface area (Å²) in [6.07, 6.45) is -5.56. The summed E-state index contributed by atoms with van der Waals surface area (Å²) in [4.78, 5) is 10.5. The monoisotopic (exact) mass is 396 g/mol. The van der Waals surface area contributed by atoms with Crippen molar-refractivity contribution >= 4 is 33.5 Å². The van der Waals surface area contributed by atoms with Crippen LogP contribution in [0.5, 0.6) is 5.75 Å². The number of benzene rings is 1. The molecular formula is C11H7BrF6O2S. The van der Waals surface area contributed by atoms with Crippen LogP contribution in [0.2, 0.25) is 0 Å². The van der Waals surface area contributed by atoms with Gasteiger partial charge in [0.2, 0.25) is 0 Å². The number of rotatable bonds is 5. The number of hydrogen-bond acceptors (Lipinski definition) is 3. The third-order valence-electron chi connectivity index (χ3n) is 2.04. The molecule has 0 N–H and O–H groups in total. The SMILES string of the molecule is O=C(CBr)Cc1cccc(OC(F)(F)F)c1SC(F)(F)F. The number of thioether (sulfide) groups is 1. The van der Waals surface area contributed by atoms with Crippen LogP contribution in [0.15, 0.2) is 23.1 Å². The summed E-state index contributed by atoms with van der Waals surface area (Å²) < 4.78 is 77.7. The fourth-order valence-corrected chi connectivity index (χ4v) is 2.31. The van der Waals surface area contributed by atoms with Crippen LogP contribution in [-0.2, 0) is 11.2 Å². The maximum Gasteiger partial charge on any atom is 0.573 e. The number of hydrogen-bond donors (Lipinski definition) is 0. The van der Waals surface area contributed by atoms with Gasteiger partial charge in [0.25, 0.3) is 0 Å². The summed E-state index contributed by atoms with van der Waals surface area (Å²) in [5, 5.41) is -0.118. The molecule has 0 atom stereocenters. The van der Waals surface area contributed by atoms with Crippen molar-refractivity contribution in [3.8, 4) is 5.75 Å². The highest BCUT2D eigenvalue weighted by Crippen LogP contribution is 2.44. The molecule has 10 heteroatoms. The van der Waals surface area contributed by atoms with Crippen LogP contribution in [0.25, 0.3) is 0 Å². The first-order valence-corrected chi connectivity index (χ1v) is 7.16. The average Bonchev–Trinajstić information content (AvgIpc) is 2.29. The molecule has 0 spiro atoms. The van der Waals surface area contributed by atoms with Gasteiger partial charge in [0, 0.05) is 6.42 Å². The Morgan fingerprint density at radius 2 is 1.81 bits per heavy atom. The lowest BCUT2D eigenvalue weighted by atomic mass is 10.1. The first-order valence-electron chi connectivity index (χ1n) is 5.23. The quantitative estimate of drug-likeness (QED) is 0.409. The van der Waals surface area contributed by atoms with E-state index in [1.54, 1.807) is 0 Å². The fraction of sp³-hybridized carbons (Fsp3) is 0.364. The van der Waals surface area contributed by atoms with Crippen molar-refractivity contribution in [2.75, 3.05) is 5.33 Å². The van der Waals surface area contributed by atoms with Crippen LogP contribution < -0.4 is 4.74 Å². The molecule has 0 unspecified atom stereocenters. The molecule has 2 nitrogen and oxygen atoms in total. The molecule has 118 valence electrons. The molecule has 0 bridgehead atoms. The minimum Gasteiger partial charge on any atom is -0.405 e. The van der Waals surface area contributed by atoms with Crippen LogP contribution in [0, 0.1) is 0 Å². The number of ether oxygens (including phenoxy) is 1. The van der Waals surface area contributed by atoms with Gasteiger partial charge in [0.05, 0.1) is 10.2 Å². The van der Waals surface area contributed by atoms with Crippen molar-refractivity contribution < 1.29 is 35.9 Å². The highest BCUT2D eigenvalue weighted by Gasteiger charge is 2.36. The molecule has 0 aliphatic rings. The van der Waals surface area contributed by atoms with E-state index < -0.39 is 46.5 Å². The molecule has 21 heavy (non-hydrogen) atoms. The van der Waals surface area contributed by atoms with E-state index in [4.69, 9.17) is 0 Å². The van der Waals surface area contributed by atoms with E-state index in [2.05, 4.69) is 20.7 Å². The third-order valence-corrected chi connectivity index (χ3v) is 3.56. The molecule has 0 heterocycles. The molecular weight excluding hydrogens is 390 g/mol. The number of Topliss-reactive ketones (excluding diaryl/α,β-unsaturated/α-hetero) is 1. The minimum atomic E-state index is -5.13. The molecule has 0 fully saturated rings.